The van der Waals surface area contributed by atoms with Crippen LogP contribution in [0.4, 0.5) is 0 Å². The number of hydrogen-bond acceptors (Lipinski definition) is 3. The number of fused-ring (bicyclic) bond motifs is 2. The molecule has 2 heterocycles. The quantitative estimate of drug-likeness (QED) is 0.309. The van der Waals surface area contributed by atoms with Crippen LogP contribution in [0.5, 0.6) is 0 Å². The third-order valence-electron chi connectivity index (χ3n) is 6.96. The van der Waals surface area contributed by atoms with E-state index < -0.39 is 6.04 Å². The lowest BCUT2D eigenvalue weighted by Gasteiger charge is -2.23. The molecule has 0 bridgehead atoms. The largest absolute Gasteiger partial charge is 0.360 e. The summed E-state index contributed by atoms with van der Waals surface area (Å²) in [6.45, 7) is 0. The molecule has 188 valence electrons. The number of pyridine rings is 1. The zero-order valence-corrected chi connectivity index (χ0v) is 20.9. The van der Waals surface area contributed by atoms with E-state index in [0.717, 1.165) is 22.0 Å². The van der Waals surface area contributed by atoms with Crippen molar-refractivity contribution in [3.8, 4) is 5.69 Å². The Kier molecular flexibility index (Phi) is 6.05. The first-order valence-electron chi connectivity index (χ1n) is 12.2. The predicted octanol–water partition coefficient (Wildman–Crippen LogP) is 4.80. The summed E-state index contributed by atoms with van der Waals surface area (Å²) in [5.74, 6) is -0.493. The van der Waals surface area contributed by atoms with Crippen LogP contribution in [-0.2, 0) is 6.42 Å². The molecular weight excluding hydrogens is 500 g/mol. The van der Waals surface area contributed by atoms with Crippen molar-refractivity contribution < 1.29 is 9.59 Å². The maximum absolute atomic E-state index is 13.3. The maximum Gasteiger partial charge on any atom is 0.255 e. The zero-order chi connectivity index (χ0) is 26.2. The smallest absolute Gasteiger partial charge is 0.255 e. The first-order valence-corrected chi connectivity index (χ1v) is 12.6. The molecule has 0 saturated heterocycles. The van der Waals surface area contributed by atoms with Crippen LogP contribution in [0, 0.1) is 0 Å². The van der Waals surface area contributed by atoms with E-state index in [1.165, 1.54) is 10.6 Å². The van der Waals surface area contributed by atoms with Gasteiger partial charge in [0.05, 0.1) is 17.1 Å². The number of halogens is 1. The fourth-order valence-electron chi connectivity index (χ4n) is 5.03. The average Bonchev–Trinajstić information content (AvgIpc) is 3.48. The monoisotopic (exact) mass is 522 g/mol. The molecule has 1 aliphatic rings. The Bertz CT molecular complexity index is 1740. The van der Waals surface area contributed by atoms with Crippen LogP contribution >= 0.6 is 11.6 Å². The Morgan fingerprint density at radius 1 is 0.868 bits per heavy atom. The summed E-state index contributed by atoms with van der Waals surface area (Å²) in [7, 11) is 0. The van der Waals surface area contributed by atoms with Crippen molar-refractivity contribution in [1.82, 2.24) is 20.2 Å². The number of aromatic nitrogens is 2. The van der Waals surface area contributed by atoms with Crippen molar-refractivity contribution in [2.24, 2.45) is 0 Å². The van der Waals surface area contributed by atoms with Gasteiger partial charge in [-0.1, -0.05) is 48.0 Å². The van der Waals surface area contributed by atoms with Gasteiger partial charge in [0.2, 0.25) is 0 Å². The number of H-pyrrole nitrogens is 1. The molecule has 3 N–H and O–H groups in total. The molecule has 1 aliphatic carbocycles. The second kappa shape index (κ2) is 9.68. The summed E-state index contributed by atoms with van der Waals surface area (Å²) < 4.78 is 1.51. The van der Waals surface area contributed by atoms with Gasteiger partial charge in [0, 0.05) is 46.2 Å². The Morgan fingerprint density at radius 2 is 1.61 bits per heavy atom. The van der Waals surface area contributed by atoms with Gasteiger partial charge in [0.1, 0.15) is 0 Å². The SMILES string of the molecule is O=C(N[C@H]1Cc2ccccc2[C@H]1NC(=O)c1ccc2c(Cl)c[nH]c2c1)c1ccc(-n2ccccc2=O)cc1. The van der Waals surface area contributed by atoms with E-state index in [4.69, 9.17) is 11.6 Å². The number of nitrogens with zero attached hydrogens (tertiary/aromatic N) is 1. The Balaban J connectivity index is 1.22. The summed E-state index contributed by atoms with van der Waals surface area (Å²) in [5.41, 5.74) is 4.32. The van der Waals surface area contributed by atoms with Crippen LogP contribution < -0.4 is 16.2 Å². The number of carbonyl (C=O) groups excluding carboxylic acids is 2. The van der Waals surface area contributed by atoms with E-state index in [1.807, 2.05) is 30.3 Å². The number of aromatic amines is 1. The van der Waals surface area contributed by atoms with Gasteiger partial charge in [-0.2, -0.15) is 0 Å². The van der Waals surface area contributed by atoms with Gasteiger partial charge >= 0.3 is 0 Å². The molecule has 6 rings (SSSR count). The minimum absolute atomic E-state index is 0.148. The van der Waals surface area contributed by atoms with E-state index >= 15 is 0 Å². The lowest BCUT2D eigenvalue weighted by atomic mass is 10.0. The van der Waals surface area contributed by atoms with Crippen molar-refractivity contribution in [1.29, 1.82) is 0 Å². The summed E-state index contributed by atoms with van der Waals surface area (Å²) in [5, 5.41) is 7.68. The van der Waals surface area contributed by atoms with Crippen LogP contribution in [0.2, 0.25) is 5.02 Å². The Morgan fingerprint density at radius 3 is 2.42 bits per heavy atom. The van der Waals surface area contributed by atoms with E-state index in [0.29, 0.717) is 28.3 Å². The Labute approximate surface area is 223 Å². The Hall–Kier alpha value is -4.62. The highest BCUT2D eigenvalue weighted by Crippen LogP contribution is 2.32. The van der Waals surface area contributed by atoms with Crippen LogP contribution in [0.1, 0.15) is 37.9 Å². The van der Waals surface area contributed by atoms with E-state index in [9.17, 15) is 14.4 Å². The van der Waals surface area contributed by atoms with E-state index in [1.54, 1.807) is 60.9 Å². The van der Waals surface area contributed by atoms with Crippen molar-refractivity contribution in [3.63, 3.8) is 0 Å². The molecule has 0 radical (unpaired) electrons. The molecule has 0 spiro atoms. The summed E-state index contributed by atoms with van der Waals surface area (Å²) in [6, 6.07) is 24.3. The molecule has 2 amide bonds. The van der Waals surface area contributed by atoms with Crippen molar-refractivity contribution in [2.75, 3.05) is 0 Å². The van der Waals surface area contributed by atoms with Crippen LogP contribution in [-0.4, -0.2) is 27.4 Å². The molecule has 2 atom stereocenters. The van der Waals surface area contributed by atoms with Gasteiger partial charge in [-0.05, 0) is 60.0 Å². The lowest BCUT2D eigenvalue weighted by Crippen LogP contribution is -2.44. The molecule has 38 heavy (non-hydrogen) atoms. The van der Waals surface area contributed by atoms with E-state index in [-0.39, 0.29) is 23.4 Å². The molecule has 7 nitrogen and oxygen atoms in total. The highest BCUT2D eigenvalue weighted by Gasteiger charge is 2.34. The third-order valence-corrected chi connectivity index (χ3v) is 7.27. The molecule has 2 aromatic heterocycles. The summed E-state index contributed by atoms with van der Waals surface area (Å²) in [4.78, 5) is 41.7. The summed E-state index contributed by atoms with van der Waals surface area (Å²) >= 11 is 6.18. The number of nitrogens with one attached hydrogen (secondary N) is 3. The molecule has 0 unspecified atom stereocenters. The number of carbonyl (C=O) groups is 2. The molecular formula is C30H23ClN4O3. The van der Waals surface area contributed by atoms with Crippen molar-refractivity contribution in [2.45, 2.75) is 18.5 Å². The number of amides is 2. The molecule has 0 aliphatic heterocycles. The van der Waals surface area contributed by atoms with Gasteiger partial charge in [-0.3, -0.25) is 19.0 Å². The van der Waals surface area contributed by atoms with Gasteiger partial charge in [0.25, 0.3) is 17.4 Å². The lowest BCUT2D eigenvalue weighted by molar-refractivity contribution is 0.0888. The molecule has 8 heteroatoms. The first kappa shape index (κ1) is 23.8. The average molecular weight is 523 g/mol. The second-order valence-corrected chi connectivity index (χ2v) is 9.69. The van der Waals surface area contributed by atoms with Crippen LogP contribution in [0.25, 0.3) is 16.6 Å². The second-order valence-electron chi connectivity index (χ2n) is 9.29. The van der Waals surface area contributed by atoms with Gasteiger partial charge in [-0.25, -0.2) is 0 Å². The predicted molar refractivity (Wildman–Crippen MR) is 147 cm³/mol. The topological polar surface area (TPSA) is 96.0 Å². The number of hydrogen-bond donors (Lipinski definition) is 3. The third kappa shape index (κ3) is 4.37. The van der Waals surface area contributed by atoms with E-state index in [2.05, 4.69) is 15.6 Å². The van der Waals surface area contributed by atoms with Crippen LogP contribution in [0.3, 0.4) is 0 Å². The minimum Gasteiger partial charge on any atom is -0.360 e. The van der Waals surface area contributed by atoms with Gasteiger partial charge in [0.15, 0.2) is 0 Å². The fraction of sp³-hybridized carbons (Fsp3) is 0.100. The molecule has 0 fully saturated rings. The molecule has 3 aromatic carbocycles. The minimum atomic E-state index is -0.396. The normalized spacial score (nSPS) is 16.2. The number of rotatable bonds is 5. The van der Waals surface area contributed by atoms with Crippen LogP contribution in [0.15, 0.2) is 102 Å². The number of benzene rings is 3. The zero-order valence-electron chi connectivity index (χ0n) is 20.1. The highest BCUT2D eigenvalue weighted by molar-refractivity contribution is 6.35. The summed E-state index contributed by atoms with van der Waals surface area (Å²) in [6.07, 6.45) is 3.97. The highest BCUT2D eigenvalue weighted by atomic mass is 35.5. The van der Waals surface area contributed by atoms with Crippen molar-refractivity contribution in [3.05, 3.63) is 135 Å². The first-order chi connectivity index (χ1) is 18.5. The standard InChI is InChI=1S/C30H23ClN4O3/c31-24-17-32-25-16-20(10-13-23(24)25)30(38)34-28-22-6-2-1-5-19(22)15-26(28)33-29(37)18-8-11-21(12-9-18)35-14-4-3-7-27(35)36/h1-14,16-17,26,28,32H,15H2,(H,33,37)(H,34,38)/t26-,28+/m0/s1. The van der Waals surface area contributed by atoms with Gasteiger partial charge < -0.3 is 15.6 Å². The van der Waals surface area contributed by atoms with Gasteiger partial charge in [-0.15, -0.1) is 0 Å². The molecule has 0 saturated carbocycles. The van der Waals surface area contributed by atoms with Crippen molar-refractivity contribution >= 4 is 34.3 Å². The maximum atomic E-state index is 13.3. The fourth-order valence-corrected chi connectivity index (χ4v) is 5.25. The molecule has 5 aromatic rings.